The van der Waals surface area contributed by atoms with Crippen LogP contribution in [0.25, 0.3) is 0 Å². The second-order valence-electron chi connectivity index (χ2n) is 6.28. The Labute approximate surface area is 117 Å². The number of furan rings is 1. The molecule has 1 aliphatic rings. The molecule has 3 nitrogen and oxygen atoms in total. The normalized spacial score (nSPS) is 25.7. The van der Waals surface area contributed by atoms with Gasteiger partial charge in [0.1, 0.15) is 5.76 Å². The van der Waals surface area contributed by atoms with Crippen LogP contribution >= 0.6 is 0 Å². The van der Waals surface area contributed by atoms with Crippen LogP contribution in [-0.2, 0) is 0 Å². The molecule has 108 valence electrons. The van der Waals surface area contributed by atoms with Crippen LogP contribution in [0, 0.1) is 11.8 Å². The Morgan fingerprint density at radius 1 is 1.32 bits per heavy atom. The summed E-state index contributed by atoms with van der Waals surface area (Å²) in [4.78, 5) is 2.22. The predicted octanol–water partition coefficient (Wildman–Crippen LogP) is 3.30. The highest BCUT2D eigenvalue weighted by molar-refractivity contribution is 5.05. The minimum absolute atomic E-state index is 0.331. The third-order valence-electron chi connectivity index (χ3n) is 4.40. The summed E-state index contributed by atoms with van der Waals surface area (Å²) in [5.41, 5.74) is 0. The molecule has 1 saturated carbocycles. The zero-order valence-corrected chi connectivity index (χ0v) is 12.6. The van der Waals surface area contributed by atoms with E-state index in [4.69, 9.17) is 4.42 Å². The number of nitrogens with zero attached hydrogens (tertiary/aromatic N) is 1. The van der Waals surface area contributed by atoms with Crippen molar-refractivity contribution in [1.29, 1.82) is 0 Å². The highest BCUT2D eigenvalue weighted by atomic mass is 16.3. The van der Waals surface area contributed by atoms with Gasteiger partial charge >= 0.3 is 0 Å². The summed E-state index contributed by atoms with van der Waals surface area (Å²) in [7, 11) is 4.22. The summed E-state index contributed by atoms with van der Waals surface area (Å²) in [6, 6.07) is 4.36. The minimum Gasteiger partial charge on any atom is -0.468 e. The van der Waals surface area contributed by atoms with Crippen LogP contribution < -0.4 is 5.32 Å². The molecule has 1 atom stereocenters. The summed E-state index contributed by atoms with van der Waals surface area (Å²) < 4.78 is 5.53. The maximum absolute atomic E-state index is 5.53. The summed E-state index contributed by atoms with van der Waals surface area (Å²) in [5.74, 6) is 2.86. The van der Waals surface area contributed by atoms with Crippen molar-refractivity contribution < 1.29 is 4.42 Å². The van der Waals surface area contributed by atoms with Crippen LogP contribution in [0.1, 0.15) is 44.4 Å². The topological polar surface area (TPSA) is 28.4 Å². The number of hydrogen-bond donors (Lipinski definition) is 1. The van der Waals surface area contributed by atoms with E-state index in [0.717, 1.165) is 30.7 Å². The molecule has 19 heavy (non-hydrogen) atoms. The number of likely N-dealkylation sites (N-methyl/N-ethyl adjacent to an activating group) is 1. The first-order valence-corrected chi connectivity index (χ1v) is 7.57. The molecule has 3 heteroatoms. The summed E-state index contributed by atoms with van der Waals surface area (Å²) in [6.07, 6.45) is 7.35. The molecule has 0 radical (unpaired) electrons. The molecule has 0 amide bonds. The fourth-order valence-corrected chi connectivity index (χ4v) is 2.98. The second kappa shape index (κ2) is 7.11. The first kappa shape index (κ1) is 14.6. The van der Waals surface area contributed by atoms with Crippen LogP contribution in [0.15, 0.2) is 22.8 Å². The van der Waals surface area contributed by atoms with Crippen LogP contribution in [0.5, 0.6) is 0 Å². The lowest BCUT2D eigenvalue weighted by Gasteiger charge is -2.28. The lowest BCUT2D eigenvalue weighted by molar-refractivity contribution is 0.234. The van der Waals surface area contributed by atoms with E-state index in [0.29, 0.717) is 6.04 Å². The molecular weight excluding hydrogens is 236 g/mol. The van der Waals surface area contributed by atoms with Crippen molar-refractivity contribution in [3.8, 4) is 0 Å². The first-order valence-electron chi connectivity index (χ1n) is 7.57. The standard InChI is InChI=1S/C16H28N2O/c1-13-6-8-14(9-7-13)11-17-12-15(18(2)3)16-5-4-10-19-16/h4-5,10,13-15,17H,6-9,11-12H2,1-3H3. The van der Waals surface area contributed by atoms with Crippen LogP contribution in [0.4, 0.5) is 0 Å². The Morgan fingerprint density at radius 2 is 2.05 bits per heavy atom. The van der Waals surface area contributed by atoms with Gasteiger partial charge in [-0.15, -0.1) is 0 Å². The van der Waals surface area contributed by atoms with E-state index >= 15 is 0 Å². The van der Waals surface area contributed by atoms with Gasteiger partial charge in [0, 0.05) is 6.54 Å². The summed E-state index contributed by atoms with van der Waals surface area (Å²) in [5, 5.41) is 3.64. The maximum Gasteiger partial charge on any atom is 0.122 e. The molecule has 1 aromatic rings. The van der Waals surface area contributed by atoms with Crippen molar-refractivity contribution in [2.75, 3.05) is 27.2 Å². The zero-order chi connectivity index (χ0) is 13.7. The molecule has 1 N–H and O–H groups in total. The third kappa shape index (κ3) is 4.36. The van der Waals surface area contributed by atoms with E-state index in [-0.39, 0.29) is 0 Å². The number of nitrogens with one attached hydrogen (secondary N) is 1. The molecule has 0 aliphatic heterocycles. The quantitative estimate of drug-likeness (QED) is 0.854. The number of hydrogen-bond acceptors (Lipinski definition) is 3. The summed E-state index contributed by atoms with van der Waals surface area (Å²) in [6.45, 7) is 4.49. The van der Waals surface area contributed by atoms with Crippen molar-refractivity contribution in [2.24, 2.45) is 11.8 Å². The smallest absolute Gasteiger partial charge is 0.122 e. The first-order chi connectivity index (χ1) is 9.16. The van der Waals surface area contributed by atoms with Gasteiger partial charge in [-0.2, -0.15) is 0 Å². The molecule has 0 spiro atoms. The SMILES string of the molecule is CC1CCC(CNCC(c2ccco2)N(C)C)CC1. The monoisotopic (exact) mass is 264 g/mol. The molecule has 0 aromatic carbocycles. The van der Waals surface area contributed by atoms with E-state index in [2.05, 4.69) is 37.3 Å². The van der Waals surface area contributed by atoms with Gasteiger partial charge in [0.15, 0.2) is 0 Å². The van der Waals surface area contributed by atoms with Crippen molar-refractivity contribution in [3.63, 3.8) is 0 Å². The van der Waals surface area contributed by atoms with Gasteiger partial charge in [-0.3, -0.25) is 4.90 Å². The van der Waals surface area contributed by atoms with Crippen molar-refractivity contribution in [2.45, 2.75) is 38.6 Å². The number of rotatable bonds is 6. The fraction of sp³-hybridized carbons (Fsp3) is 0.750. The Kier molecular flexibility index (Phi) is 5.46. The van der Waals surface area contributed by atoms with Crippen LogP contribution in [-0.4, -0.2) is 32.1 Å². The molecule has 1 fully saturated rings. The lowest BCUT2D eigenvalue weighted by Crippen LogP contribution is -2.34. The lowest BCUT2D eigenvalue weighted by atomic mass is 9.83. The highest BCUT2D eigenvalue weighted by Crippen LogP contribution is 2.27. The van der Waals surface area contributed by atoms with Gasteiger partial charge in [0.05, 0.1) is 12.3 Å². The van der Waals surface area contributed by atoms with Crippen molar-refractivity contribution >= 4 is 0 Å². The molecular formula is C16H28N2O. The largest absolute Gasteiger partial charge is 0.468 e. The van der Waals surface area contributed by atoms with E-state index < -0.39 is 0 Å². The Balaban J connectivity index is 1.74. The van der Waals surface area contributed by atoms with Gasteiger partial charge < -0.3 is 9.73 Å². The van der Waals surface area contributed by atoms with Gasteiger partial charge in [0.2, 0.25) is 0 Å². The average molecular weight is 264 g/mol. The van der Waals surface area contributed by atoms with E-state index in [9.17, 15) is 0 Å². The minimum atomic E-state index is 0.331. The fourth-order valence-electron chi connectivity index (χ4n) is 2.98. The molecule has 1 aliphatic carbocycles. The van der Waals surface area contributed by atoms with Crippen molar-refractivity contribution in [1.82, 2.24) is 10.2 Å². The van der Waals surface area contributed by atoms with Crippen LogP contribution in [0.2, 0.25) is 0 Å². The molecule has 1 unspecified atom stereocenters. The Hall–Kier alpha value is -0.800. The molecule has 0 saturated heterocycles. The third-order valence-corrected chi connectivity index (χ3v) is 4.40. The van der Waals surface area contributed by atoms with Crippen LogP contribution in [0.3, 0.4) is 0 Å². The highest BCUT2D eigenvalue weighted by Gasteiger charge is 2.20. The zero-order valence-electron chi connectivity index (χ0n) is 12.6. The van der Waals surface area contributed by atoms with E-state index in [1.165, 1.54) is 25.7 Å². The van der Waals surface area contributed by atoms with Gasteiger partial charge in [-0.05, 0) is 57.5 Å². The predicted molar refractivity (Wildman–Crippen MR) is 79.1 cm³/mol. The molecule has 2 rings (SSSR count). The van der Waals surface area contributed by atoms with Gasteiger partial charge in [0.25, 0.3) is 0 Å². The van der Waals surface area contributed by atoms with E-state index in [1.807, 2.05) is 6.07 Å². The molecule has 0 bridgehead atoms. The van der Waals surface area contributed by atoms with Gasteiger partial charge in [-0.1, -0.05) is 19.8 Å². The Bertz CT molecular complexity index is 340. The molecule has 1 heterocycles. The molecule has 1 aromatic heterocycles. The Morgan fingerprint density at radius 3 is 2.63 bits per heavy atom. The van der Waals surface area contributed by atoms with Crippen molar-refractivity contribution in [3.05, 3.63) is 24.2 Å². The van der Waals surface area contributed by atoms with E-state index in [1.54, 1.807) is 6.26 Å². The summed E-state index contributed by atoms with van der Waals surface area (Å²) >= 11 is 0. The van der Waals surface area contributed by atoms with Gasteiger partial charge in [-0.25, -0.2) is 0 Å². The maximum atomic E-state index is 5.53. The second-order valence-corrected chi connectivity index (χ2v) is 6.28. The average Bonchev–Trinajstić information content (AvgIpc) is 2.90.